The van der Waals surface area contributed by atoms with Crippen molar-refractivity contribution in [3.05, 3.63) is 16.4 Å². The molecular formula is C11H18N6O3. The van der Waals surface area contributed by atoms with Gasteiger partial charge in [0.05, 0.1) is 18.1 Å². The average Bonchev–Trinajstić information content (AvgIpc) is 2.46. The van der Waals surface area contributed by atoms with Gasteiger partial charge in [0.2, 0.25) is 11.6 Å². The van der Waals surface area contributed by atoms with Crippen molar-refractivity contribution in [1.82, 2.24) is 15.0 Å². The Labute approximate surface area is 116 Å². The zero-order valence-electron chi connectivity index (χ0n) is 11.3. The highest BCUT2D eigenvalue weighted by molar-refractivity contribution is 5.68. The minimum atomic E-state index is -0.471. The molecule has 1 fully saturated rings. The second-order valence-electron chi connectivity index (χ2n) is 4.31. The minimum absolute atomic E-state index is 0.132. The predicted molar refractivity (Wildman–Crippen MR) is 73.5 cm³/mol. The molecule has 1 aromatic rings. The van der Waals surface area contributed by atoms with Gasteiger partial charge in [0.1, 0.15) is 6.33 Å². The molecule has 0 atom stereocenters. The Balaban J connectivity index is 2.19. The van der Waals surface area contributed by atoms with Gasteiger partial charge in [-0.25, -0.2) is 15.0 Å². The molecule has 0 amide bonds. The van der Waals surface area contributed by atoms with Crippen LogP contribution in [0.4, 0.5) is 17.3 Å². The van der Waals surface area contributed by atoms with Crippen LogP contribution in [0.5, 0.6) is 0 Å². The van der Waals surface area contributed by atoms with Crippen molar-refractivity contribution in [2.45, 2.75) is 13.3 Å². The summed E-state index contributed by atoms with van der Waals surface area (Å²) < 4.78 is 5.23. The molecule has 9 nitrogen and oxygen atoms in total. The first-order valence-corrected chi connectivity index (χ1v) is 6.55. The molecule has 2 heterocycles. The second kappa shape index (κ2) is 6.96. The molecule has 0 aliphatic carbocycles. The van der Waals surface area contributed by atoms with Crippen LogP contribution in [0, 0.1) is 10.1 Å². The van der Waals surface area contributed by atoms with Crippen LogP contribution >= 0.6 is 0 Å². The zero-order valence-corrected chi connectivity index (χ0v) is 11.3. The molecule has 0 saturated carbocycles. The third-order valence-electron chi connectivity index (χ3n) is 2.82. The summed E-state index contributed by atoms with van der Waals surface area (Å²) in [6.07, 6.45) is 2.17. The first kappa shape index (κ1) is 14.4. The van der Waals surface area contributed by atoms with E-state index < -0.39 is 4.92 Å². The van der Waals surface area contributed by atoms with Crippen molar-refractivity contribution in [2.75, 3.05) is 43.6 Å². The molecule has 1 saturated heterocycles. The Morgan fingerprint density at radius 3 is 2.75 bits per heavy atom. The van der Waals surface area contributed by atoms with Gasteiger partial charge in [-0.15, -0.1) is 0 Å². The summed E-state index contributed by atoms with van der Waals surface area (Å²) in [5.74, 6) is 0.438. The topological polar surface area (TPSA) is 105 Å². The number of aromatic nitrogens is 2. The third-order valence-corrected chi connectivity index (χ3v) is 2.82. The molecule has 20 heavy (non-hydrogen) atoms. The first-order chi connectivity index (χ1) is 9.72. The van der Waals surface area contributed by atoms with Crippen LogP contribution in [0.2, 0.25) is 0 Å². The zero-order chi connectivity index (χ0) is 14.4. The van der Waals surface area contributed by atoms with Gasteiger partial charge >= 0.3 is 5.69 Å². The molecule has 9 heteroatoms. The van der Waals surface area contributed by atoms with Crippen LogP contribution in [-0.2, 0) is 4.74 Å². The first-order valence-electron chi connectivity index (χ1n) is 6.55. The van der Waals surface area contributed by atoms with Gasteiger partial charge in [0.15, 0.2) is 0 Å². The van der Waals surface area contributed by atoms with Gasteiger partial charge in [-0.3, -0.25) is 15.5 Å². The Bertz CT molecular complexity index is 463. The Kier molecular flexibility index (Phi) is 5.02. The van der Waals surface area contributed by atoms with Crippen molar-refractivity contribution in [2.24, 2.45) is 0 Å². The number of rotatable bonds is 6. The maximum atomic E-state index is 11.2. The van der Waals surface area contributed by atoms with Crippen LogP contribution in [-0.4, -0.2) is 52.7 Å². The smallest absolute Gasteiger partial charge is 0.354 e. The molecular weight excluding hydrogens is 264 g/mol. The van der Waals surface area contributed by atoms with Gasteiger partial charge in [-0.1, -0.05) is 6.92 Å². The summed E-state index contributed by atoms with van der Waals surface area (Å²) in [5, 5.41) is 16.0. The van der Waals surface area contributed by atoms with E-state index in [1.165, 1.54) is 6.33 Å². The second-order valence-corrected chi connectivity index (χ2v) is 4.31. The van der Waals surface area contributed by atoms with Crippen molar-refractivity contribution < 1.29 is 9.66 Å². The van der Waals surface area contributed by atoms with E-state index >= 15 is 0 Å². The number of nitrogens with zero attached hydrogens (tertiary/aromatic N) is 4. The van der Waals surface area contributed by atoms with E-state index in [2.05, 4.69) is 20.7 Å². The highest BCUT2D eigenvalue weighted by Gasteiger charge is 2.24. The number of ether oxygens (including phenoxy) is 1. The molecule has 1 aliphatic heterocycles. The van der Waals surface area contributed by atoms with E-state index in [0.29, 0.717) is 32.8 Å². The van der Waals surface area contributed by atoms with Gasteiger partial charge < -0.3 is 10.1 Å². The molecule has 1 aromatic heterocycles. The monoisotopic (exact) mass is 282 g/mol. The van der Waals surface area contributed by atoms with Crippen LogP contribution in [0.3, 0.4) is 0 Å². The number of anilines is 2. The number of nitro groups is 1. The molecule has 1 aliphatic rings. The molecule has 0 radical (unpaired) electrons. The highest BCUT2D eigenvalue weighted by atomic mass is 16.6. The lowest BCUT2D eigenvalue weighted by molar-refractivity contribution is -0.383. The van der Waals surface area contributed by atoms with Crippen LogP contribution in [0.15, 0.2) is 6.33 Å². The highest BCUT2D eigenvalue weighted by Crippen LogP contribution is 2.29. The largest absolute Gasteiger partial charge is 0.379 e. The number of morpholine rings is 1. The molecule has 0 spiro atoms. The fraction of sp³-hybridized carbons (Fsp3) is 0.636. The van der Waals surface area contributed by atoms with Crippen molar-refractivity contribution in [3.8, 4) is 0 Å². The van der Waals surface area contributed by atoms with E-state index in [9.17, 15) is 10.1 Å². The predicted octanol–water partition coefficient (Wildman–Crippen LogP) is 0.866. The van der Waals surface area contributed by atoms with Crippen LogP contribution < -0.4 is 10.7 Å². The van der Waals surface area contributed by atoms with E-state index in [4.69, 9.17) is 4.74 Å². The van der Waals surface area contributed by atoms with Crippen molar-refractivity contribution in [3.63, 3.8) is 0 Å². The molecule has 110 valence electrons. The Morgan fingerprint density at radius 1 is 1.40 bits per heavy atom. The quantitative estimate of drug-likeness (QED) is 0.584. The summed E-state index contributed by atoms with van der Waals surface area (Å²) in [4.78, 5) is 18.7. The lowest BCUT2D eigenvalue weighted by atomic mass is 10.4. The van der Waals surface area contributed by atoms with E-state index in [-0.39, 0.29) is 17.3 Å². The van der Waals surface area contributed by atoms with Gasteiger partial charge in [-0.2, -0.15) is 0 Å². The molecule has 0 unspecified atom stereocenters. The van der Waals surface area contributed by atoms with Crippen LogP contribution in [0.1, 0.15) is 13.3 Å². The maximum Gasteiger partial charge on any atom is 0.354 e. The van der Waals surface area contributed by atoms with E-state index in [1.807, 2.05) is 11.9 Å². The number of hydrogen-bond acceptors (Lipinski definition) is 8. The number of hydrazine groups is 1. The Hall–Kier alpha value is -2.00. The number of nitrogens with one attached hydrogen (secondary N) is 2. The van der Waals surface area contributed by atoms with Gasteiger partial charge in [-0.05, 0) is 6.42 Å². The lowest BCUT2D eigenvalue weighted by Crippen LogP contribution is -2.40. The SMILES string of the molecule is CCCNc1ncnc(NN2CCOCC2)c1[N+](=O)[O-]. The van der Waals surface area contributed by atoms with E-state index in [1.54, 1.807) is 0 Å². The van der Waals surface area contributed by atoms with Crippen molar-refractivity contribution in [1.29, 1.82) is 0 Å². The number of hydrogen-bond donors (Lipinski definition) is 2. The molecule has 0 aromatic carbocycles. The fourth-order valence-electron chi connectivity index (χ4n) is 1.83. The summed E-state index contributed by atoms with van der Waals surface area (Å²) >= 11 is 0. The fourth-order valence-corrected chi connectivity index (χ4v) is 1.83. The maximum absolute atomic E-state index is 11.2. The summed E-state index contributed by atoms with van der Waals surface area (Å²) in [6.45, 7) is 5.08. The molecule has 2 rings (SSSR count). The standard InChI is InChI=1S/C11H18N6O3/c1-2-3-12-10-9(17(18)19)11(14-8-13-10)15-16-4-6-20-7-5-16/h8H,2-7H2,1H3,(H2,12,13,14,15). The summed E-state index contributed by atoms with van der Waals surface area (Å²) in [5.41, 5.74) is 2.84. The van der Waals surface area contributed by atoms with Crippen LogP contribution in [0.25, 0.3) is 0 Å². The molecule has 0 bridgehead atoms. The minimum Gasteiger partial charge on any atom is -0.379 e. The third kappa shape index (κ3) is 3.52. The van der Waals surface area contributed by atoms with E-state index in [0.717, 1.165) is 6.42 Å². The summed E-state index contributed by atoms with van der Waals surface area (Å²) in [6, 6.07) is 0. The van der Waals surface area contributed by atoms with Crippen molar-refractivity contribution >= 4 is 17.3 Å². The lowest BCUT2D eigenvalue weighted by Gasteiger charge is -2.27. The van der Waals surface area contributed by atoms with Gasteiger partial charge in [0.25, 0.3) is 0 Å². The average molecular weight is 282 g/mol. The summed E-state index contributed by atoms with van der Waals surface area (Å²) in [7, 11) is 0. The molecule has 2 N–H and O–H groups in total. The normalized spacial score (nSPS) is 15.8. The Morgan fingerprint density at radius 2 is 2.10 bits per heavy atom. The van der Waals surface area contributed by atoms with Gasteiger partial charge in [0, 0.05) is 19.6 Å².